The van der Waals surface area contributed by atoms with Crippen LogP contribution < -0.4 is 9.57 Å². The zero-order chi connectivity index (χ0) is 16.9. The maximum Gasteiger partial charge on any atom is 0.276 e. The molecule has 0 amide bonds. The lowest BCUT2D eigenvalue weighted by atomic mass is 10.2. The van der Waals surface area contributed by atoms with E-state index in [0.29, 0.717) is 28.0 Å². The third kappa shape index (κ3) is 4.60. The summed E-state index contributed by atoms with van der Waals surface area (Å²) in [7, 11) is -3.71. The second-order valence-corrected chi connectivity index (χ2v) is 6.89. The van der Waals surface area contributed by atoms with Crippen molar-refractivity contribution < 1.29 is 13.2 Å². The van der Waals surface area contributed by atoms with Crippen LogP contribution in [-0.4, -0.2) is 21.2 Å². The Morgan fingerprint density at radius 1 is 1.17 bits per heavy atom. The summed E-state index contributed by atoms with van der Waals surface area (Å²) in [5.41, 5.74) is 0.541. The van der Waals surface area contributed by atoms with Gasteiger partial charge in [-0.1, -0.05) is 41.4 Å². The Bertz CT molecular complexity index is 786. The lowest BCUT2D eigenvalue weighted by Crippen LogP contribution is -2.18. The molecule has 0 bridgehead atoms. The Hall–Kier alpha value is -1.76. The van der Waals surface area contributed by atoms with E-state index in [1.807, 2.05) is 6.92 Å². The maximum atomic E-state index is 12.0. The molecule has 0 aliphatic heterocycles. The highest BCUT2D eigenvalue weighted by Gasteiger charge is 2.12. The Balaban J connectivity index is 2.15. The molecule has 0 aliphatic rings. The van der Waals surface area contributed by atoms with Gasteiger partial charge >= 0.3 is 0 Å². The molecule has 0 saturated carbocycles. The molecule has 0 spiro atoms. The number of rotatable bonds is 6. The van der Waals surface area contributed by atoms with Crippen LogP contribution in [0.1, 0.15) is 12.5 Å². The van der Waals surface area contributed by atoms with Crippen LogP contribution in [0.3, 0.4) is 0 Å². The molecular formula is C15H14Cl2N2O3S. The van der Waals surface area contributed by atoms with Crippen LogP contribution in [0.4, 0.5) is 0 Å². The van der Waals surface area contributed by atoms with Gasteiger partial charge in [0, 0.05) is 0 Å². The van der Waals surface area contributed by atoms with E-state index in [1.54, 1.807) is 30.3 Å². The monoisotopic (exact) mass is 372 g/mol. The number of nitrogens with zero attached hydrogens (tertiary/aromatic N) is 1. The van der Waals surface area contributed by atoms with Crippen molar-refractivity contribution in [3.63, 3.8) is 0 Å². The van der Waals surface area contributed by atoms with Crippen LogP contribution in [0.2, 0.25) is 10.0 Å². The van der Waals surface area contributed by atoms with Gasteiger partial charge in [-0.15, -0.1) is 0 Å². The topological polar surface area (TPSA) is 67.8 Å². The summed E-state index contributed by atoms with van der Waals surface area (Å²) < 4.78 is 29.3. The average molecular weight is 373 g/mol. The van der Waals surface area contributed by atoms with Gasteiger partial charge in [0.25, 0.3) is 10.0 Å². The van der Waals surface area contributed by atoms with Crippen LogP contribution in [-0.2, 0) is 10.0 Å². The smallest absolute Gasteiger partial charge is 0.276 e. The van der Waals surface area contributed by atoms with E-state index in [2.05, 4.69) is 9.93 Å². The molecule has 0 aliphatic carbocycles. The lowest BCUT2D eigenvalue weighted by Gasteiger charge is -2.08. The predicted octanol–water partition coefficient (Wildman–Crippen LogP) is 3.70. The molecule has 122 valence electrons. The molecule has 1 N–H and O–H groups in total. The molecule has 0 atom stereocenters. The fraction of sp³-hybridized carbons (Fsp3) is 0.133. The number of hydrogen-bond acceptors (Lipinski definition) is 4. The molecule has 2 aromatic carbocycles. The van der Waals surface area contributed by atoms with Crippen molar-refractivity contribution in [2.75, 3.05) is 6.61 Å². The third-order valence-corrected chi connectivity index (χ3v) is 4.55. The summed E-state index contributed by atoms with van der Waals surface area (Å²) in [6.07, 6.45) is 1.31. The molecular weight excluding hydrogens is 359 g/mol. The highest BCUT2D eigenvalue weighted by atomic mass is 35.5. The normalized spacial score (nSPS) is 11.6. The Morgan fingerprint density at radius 2 is 1.78 bits per heavy atom. The molecule has 23 heavy (non-hydrogen) atoms. The highest BCUT2D eigenvalue weighted by Crippen LogP contribution is 2.33. The van der Waals surface area contributed by atoms with E-state index in [-0.39, 0.29) is 4.90 Å². The Labute approximate surface area is 144 Å². The highest BCUT2D eigenvalue weighted by molar-refractivity contribution is 7.89. The van der Waals surface area contributed by atoms with Gasteiger partial charge in [-0.3, -0.25) is 0 Å². The Morgan fingerprint density at radius 3 is 2.35 bits per heavy atom. The largest absolute Gasteiger partial charge is 0.491 e. The molecule has 2 rings (SSSR count). The molecule has 0 heterocycles. The molecule has 0 radical (unpaired) electrons. The van der Waals surface area contributed by atoms with E-state index < -0.39 is 10.0 Å². The first-order valence-corrected chi connectivity index (χ1v) is 8.89. The second-order valence-electron chi connectivity index (χ2n) is 4.41. The van der Waals surface area contributed by atoms with E-state index in [1.165, 1.54) is 18.3 Å². The molecule has 0 fully saturated rings. The van der Waals surface area contributed by atoms with Gasteiger partial charge in [-0.25, -0.2) is 4.83 Å². The van der Waals surface area contributed by atoms with Crippen molar-refractivity contribution in [1.29, 1.82) is 0 Å². The van der Waals surface area contributed by atoms with Crippen LogP contribution in [0, 0.1) is 0 Å². The fourth-order valence-electron chi connectivity index (χ4n) is 1.76. The van der Waals surface area contributed by atoms with Crippen LogP contribution in [0.25, 0.3) is 0 Å². The summed E-state index contributed by atoms with van der Waals surface area (Å²) in [6, 6.07) is 11.1. The molecule has 8 heteroatoms. The number of hydrazone groups is 1. The second kappa shape index (κ2) is 7.68. The van der Waals surface area contributed by atoms with Crippen LogP contribution in [0.15, 0.2) is 52.5 Å². The number of benzene rings is 2. The van der Waals surface area contributed by atoms with E-state index in [9.17, 15) is 8.42 Å². The van der Waals surface area contributed by atoms with Gasteiger partial charge in [0.2, 0.25) is 0 Å². The first-order valence-electron chi connectivity index (χ1n) is 6.66. The molecule has 0 unspecified atom stereocenters. The van der Waals surface area contributed by atoms with Crippen molar-refractivity contribution >= 4 is 39.4 Å². The zero-order valence-corrected chi connectivity index (χ0v) is 14.5. The molecule has 0 saturated heterocycles. The average Bonchev–Trinajstić information content (AvgIpc) is 2.52. The minimum Gasteiger partial charge on any atom is -0.491 e. The van der Waals surface area contributed by atoms with Crippen molar-refractivity contribution in [3.8, 4) is 5.75 Å². The van der Waals surface area contributed by atoms with Gasteiger partial charge in [0.15, 0.2) is 5.75 Å². The first kappa shape index (κ1) is 17.6. The first-order chi connectivity index (χ1) is 10.9. The van der Waals surface area contributed by atoms with Gasteiger partial charge in [0.1, 0.15) is 0 Å². The maximum absolute atomic E-state index is 12.0. The SMILES string of the molecule is CCOc1c(Cl)cc(/C=N/NS(=O)(=O)c2ccccc2)cc1Cl. The summed E-state index contributed by atoms with van der Waals surface area (Å²) >= 11 is 12.1. The molecule has 2 aromatic rings. The summed E-state index contributed by atoms with van der Waals surface area (Å²) in [5, 5.41) is 4.38. The van der Waals surface area contributed by atoms with Crippen molar-refractivity contribution in [3.05, 3.63) is 58.1 Å². The zero-order valence-electron chi connectivity index (χ0n) is 12.2. The van der Waals surface area contributed by atoms with Crippen molar-refractivity contribution in [2.45, 2.75) is 11.8 Å². The summed E-state index contributed by atoms with van der Waals surface area (Å²) in [5.74, 6) is 0.387. The lowest BCUT2D eigenvalue weighted by molar-refractivity contribution is 0.340. The third-order valence-electron chi connectivity index (χ3n) is 2.75. The van der Waals surface area contributed by atoms with Crippen LogP contribution >= 0.6 is 23.2 Å². The number of halogens is 2. The van der Waals surface area contributed by atoms with Gasteiger partial charge < -0.3 is 4.74 Å². The number of nitrogens with one attached hydrogen (secondary N) is 1. The minimum atomic E-state index is -3.71. The van der Waals surface area contributed by atoms with Crippen LogP contribution in [0.5, 0.6) is 5.75 Å². The van der Waals surface area contributed by atoms with Gasteiger partial charge in [-0.2, -0.15) is 13.5 Å². The van der Waals surface area contributed by atoms with E-state index in [0.717, 1.165) is 0 Å². The molecule has 5 nitrogen and oxygen atoms in total. The standard InChI is InChI=1S/C15H14Cl2N2O3S/c1-2-22-15-13(16)8-11(9-14(15)17)10-18-19-23(20,21)12-6-4-3-5-7-12/h3-10,19H,2H2,1H3/b18-10+. The number of ether oxygens (including phenoxy) is 1. The summed E-state index contributed by atoms with van der Waals surface area (Å²) in [6.45, 7) is 2.25. The Kier molecular flexibility index (Phi) is 5.87. The van der Waals surface area contributed by atoms with E-state index >= 15 is 0 Å². The van der Waals surface area contributed by atoms with Gasteiger partial charge in [0.05, 0.1) is 27.8 Å². The predicted molar refractivity (Wildman–Crippen MR) is 92.0 cm³/mol. The molecule has 0 aromatic heterocycles. The summed E-state index contributed by atoms with van der Waals surface area (Å²) in [4.78, 5) is 2.25. The fourth-order valence-corrected chi connectivity index (χ4v) is 3.18. The van der Waals surface area contributed by atoms with E-state index in [4.69, 9.17) is 27.9 Å². The van der Waals surface area contributed by atoms with Crippen molar-refractivity contribution in [1.82, 2.24) is 4.83 Å². The number of hydrogen-bond donors (Lipinski definition) is 1. The minimum absolute atomic E-state index is 0.125. The number of sulfonamides is 1. The van der Waals surface area contributed by atoms with Gasteiger partial charge in [-0.05, 0) is 36.8 Å². The quantitative estimate of drug-likeness (QED) is 0.620. The van der Waals surface area contributed by atoms with Crippen molar-refractivity contribution in [2.24, 2.45) is 5.10 Å².